The summed E-state index contributed by atoms with van der Waals surface area (Å²) in [6, 6.07) is 14.6. The van der Waals surface area contributed by atoms with Gasteiger partial charge in [-0.05, 0) is 61.4 Å². The van der Waals surface area contributed by atoms with E-state index in [1.807, 2.05) is 12.1 Å². The molecule has 2 aliphatic rings. The van der Waals surface area contributed by atoms with Crippen molar-refractivity contribution in [3.63, 3.8) is 0 Å². The number of nitrogens with one attached hydrogen (secondary N) is 3. The summed E-state index contributed by atoms with van der Waals surface area (Å²) in [6.07, 6.45) is 0.0922. The minimum absolute atomic E-state index is 0.0251. The number of piperidine rings is 1. The number of carbonyl (C=O) groups excluding carboxylic acids is 3. The van der Waals surface area contributed by atoms with Crippen LogP contribution in [-0.2, 0) is 21.6 Å². The highest BCUT2D eigenvalue weighted by molar-refractivity contribution is 6.31. The molecule has 0 bridgehead atoms. The molecular weight excluding hydrogens is 607 g/mol. The second kappa shape index (κ2) is 12.0. The SMILES string of the molecule is O=C(O)Nc1ccc(C(=O)N[C@@H](Cc2cnc3ccccc3n2)C(=O)N2CCC[C@@]3(C2)OC(=O)Nc2ccc(Cl)c(F)c23)cc1. The smallest absolute Gasteiger partial charge is 0.412 e. The Morgan fingerprint density at radius 3 is 2.62 bits per heavy atom. The average molecular weight is 633 g/mol. The highest BCUT2D eigenvalue weighted by Gasteiger charge is 2.49. The van der Waals surface area contributed by atoms with Gasteiger partial charge in [-0.15, -0.1) is 0 Å². The fourth-order valence-electron chi connectivity index (χ4n) is 5.76. The van der Waals surface area contributed by atoms with Crippen molar-refractivity contribution in [2.24, 2.45) is 0 Å². The molecule has 4 N–H and O–H groups in total. The van der Waals surface area contributed by atoms with Crippen LogP contribution in [0.3, 0.4) is 0 Å². The molecule has 4 aromatic rings. The number of carbonyl (C=O) groups is 4. The number of likely N-dealkylation sites (tertiary alicyclic amines) is 1. The number of nitrogens with zero attached hydrogens (tertiary/aromatic N) is 3. The van der Waals surface area contributed by atoms with E-state index in [2.05, 4.69) is 25.9 Å². The summed E-state index contributed by atoms with van der Waals surface area (Å²) in [6.45, 7) is 0.0866. The van der Waals surface area contributed by atoms with Crippen LogP contribution in [0.15, 0.2) is 66.9 Å². The number of halogens is 2. The van der Waals surface area contributed by atoms with Gasteiger partial charge in [-0.3, -0.25) is 25.2 Å². The summed E-state index contributed by atoms with van der Waals surface area (Å²) < 4.78 is 21.1. The van der Waals surface area contributed by atoms with Crippen molar-refractivity contribution in [3.8, 4) is 0 Å². The average Bonchev–Trinajstić information content (AvgIpc) is 3.02. The van der Waals surface area contributed by atoms with Gasteiger partial charge in [0.15, 0.2) is 11.4 Å². The third-order valence-electron chi connectivity index (χ3n) is 7.76. The number of aromatic nitrogens is 2. The van der Waals surface area contributed by atoms with Gasteiger partial charge in [0.2, 0.25) is 5.91 Å². The number of benzene rings is 3. The maximum atomic E-state index is 15.4. The van der Waals surface area contributed by atoms with Gasteiger partial charge in [0, 0.05) is 30.4 Å². The lowest BCUT2D eigenvalue weighted by atomic mass is 9.82. The van der Waals surface area contributed by atoms with Gasteiger partial charge in [0.05, 0.1) is 39.5 Å². The first-order chi connectivity index (χ1) is 21.6. The molecule has 2 atom stereocenters. The molecule has 1 saturated heterocycles. The maximum Gasteiger partial charge on any atom is 0.412 e. The third-order valence-corrected chi connectivity index (χ3v) is 8.05. The lowest BCUT2D eigenvalue weighted by molar-refractivity contribution is -0.141. The Morgan fingerprint density at radius 1 is 1.11 bits per heavy atom. The molecule has 45 heavy (non-hydrogen) atoms. The van der Waals surface area contributed by atoms with Crippen molar-refractivity contribution in [1.29, 1.82) is 0 Å². The Hall–Kier alpha value is -5.30. The second-order valence-electron chi connectivity index (χ2n) is 10.7. The van der Waals surface area contributed by atoms with E-state index in [0.29, 0.717) is 23.1 Å². The van der Waals surface area contributed by atoms with Crippen molar-refractivity contribution in [1.82, 2.24) is 20.2 Å². The number of ether oxygens (including phenoxy) is 1. The number of hydrogen-bond acceptors (Lipinski definition) is 7. The maximum absolute atomic E-state index is 15.4. The quantitative estimate of drug-likeness (QED) is 0.232. The Kier molecular flexibility index (Phi) is 7.94. The van der Waals surface area contributed by atoms with Gasteiger partial charge in [-0.25, -0.2) is 19.0 Å². The van der Waals surface area contributed by atoms with Crippen molar-refractivity contribution < 1.29 is 33.4 Å². The van der Waals surface area contributed by atoms with E-state index < -0.39 is 41.5 Å². The fourth-order valence-corrected chi connectivity index (χ4v) is 5.91. The van der Waals surface area contributed by atoms with Crippen LogP contribution in [-0.4, -0.2) is 63.1 Å². The van der Waals surface area contributed by atoms with Crippen LogP contribution in [0.1, 0.15) is 34.5 Å². The molecule has 1 fully saturated rings. The van der Waals surface area contributed by atoms with Crippen LogP contribution in [0.4, 0.5) is 25.4 Å². The molecule has 6 rings (SSSR count). The van der Waals surface area contributed by atoms with Crippen LogP contribution < -0.4 is 16.0 Å². The number of anilines is 2. The molecule has 4 amide bonds. The van der Waals surface area contributed by atoms with E-state index in [0.717, 1.165) is 0 Å². The first kappa shape index (κ1) is 29.8. The Morgan fingerprint density at radius 2 is 1.87 bits per heavy atom. The third kappa shape index (κ3) is 6.07. The van der Waals surface area contributed by atoms with Crippen LogP contribution in [0.2, 0.25) is 5.02 Å². The summed E-state index contributed by atoms with van der Waals surface area (Å²) in [5.74, 6) is -1.84. The highest BCUT2D eigenvalue weighted by atomic mass is 35.5. The van der Waals surface area contributed by atoms with Gasteiger partial charge >= 0.3 is 12.2 Å². The summed E-state index contributed by atoms with van der Waals surface area (Å²) in [5, 5.41) is 16.3. The van der Waals surface area contributed by atoms with E-state index in [-0.39, 0.29) is 53.5 Å². The molecule has 0 unspecified atom stereocenters. The summed E-state index contributed by atoms with van der Waals surface area (Å²) in [4.78, 5) is 61.5. The van der Waals surface area contributed by atoms with E-state index in [9.17, 15) is 19.2 Å². The van der Waals surface area contributed by atoms with Crippen LogP contribution in [0.25, 0.3) is 11.0 Å². The molecule has 0 saturated carbocycles. The Balaban J connectivity index is 1.31. The number of fused-ring (bicyclic) bond motifs is 3. The fraction of sp³-hybridized carbons (Fsp3) is 0.226. The lowest BCUT2D eigenvalue weighted by Crippen LogP contribution is -2.58. The topological polar surface area (TPSA) is 163 Å². The van der Waals surface area contributed by atoms with Crippen molar-refractivity contribution in [2.45, 2.75) is 30.9 Å². The summed E-state index contributed by atoms with van der Waals surface area (Å²) in [7, 11) is 0. The zero-order valence-electron chi connectivity index (χ0n) is 23.5. The second-order valence-corrected chi connectivity index (χ2v) is 11.2. The number of amides is 4. The lowest BCUT2D eigenvalue weighted by Gasteiger charge is -2.45. The number of rotatable bonds is 6. The standard InChI is InChI=1S/C31H26ClFN6O6/c32-20-10-11-23-25(26(20)33)31(45-30(44)38-23)12-3-13-39(16-31)28(41)24(14-19-15-34-21-4-1-2-5-22(21)35-19)37-27(40)17-6-8-18(9-7-17)36-29(42)43/h1-2,4-11,15,24,36H,3,12-14,16H2,(H,37,40)(H,38,44)(H,42,43)/t24-,31-/m0/s1. The normalized spacial score (nSPS) is 18.0. The molecular formula is C31H26ClFN6O6. The molecule has 3 aromatic carbocycles. The monoisotopic (exact) mass is 632 g/mol. The largest absolute Gasteiger partial charge is 0.465 e. The molecule has 14 heteroatoms. The van der Waals surface area contributed by atoms with Crippen molar-refractivity contribution >= 4 is 58.0 Å². The molecule has 3 heterocycles. The van der Waals surface area contributed by atoms with E-state index in [4.69, 9.17) is 21.4 Å². The van der Waals surface area contributed by atoms with E-state index >= 15 is 4.39 Å². The van der Waals surface area contributed by atoms with Crippen LogP contribution in [0, 0.1) is 5.82 Å². The van der Waals surface area contributed by atoms with Gasteiger partial charge in [0.1, 0.15) is 6.04 Å². The zero-order valence-corrected chi connectivity index (χ0v) is 24.3. The summed E-state index contributed by atoms with van der Waals surface area (Å²) >= 11 is 6.10. The zero-order chi connectivity index (χ0) is 31.7. The molecule has 0 radical (unpaired) electrons. The van der Waals surface area contributed by atoms with Gasteiger partial charge < -0.3 is 20.1 Å². The van der Waals surface area contributed by atoms with Crippen LogP contribution >= 0.6 is 11.6 Å². The van der Waals surface area contributed by atoms with Gasteiger partial charge in [-0.2, -0.15) is 0 Å². The minimum atomic E-state index is -1.50. The Labute approximate surface area is 260 Å². The number of para-hydroxylation sites is 2. The predicted octanol–water partition coefficient (Wildman–Crippen LogP) is 4.93. The van der Waals surface area contributed by atoms with Crippen molar-refractivity contribution in [3.05, 3.63) is 94.5 Å². The number of carboxylic acid groups (broad SMARTS) is 1. The van der Waals surface area contributed by atoms with E-state index in [1.165, 1.54) is 47.5 Å². The van der Waals surface area contributed by atoms with Crippen LogP contribution in [0.5, 0.6) is 0 Å². The van der Waals surface area contributed by atoms with Gasteiger partial charge in [0.25, 0.3) is 5.91 Å². The van der Waals surface area contributed by atoms with E-state index in [1.54, 1.807) is 12.1 Å². The molecule has 1 spiro atoms. The molecule has 0 aliphatic carbocycles. The van der Waals surface area contributed by atoms with Crippen molar-refractivity contribution in [2.75, 3.05) is 23.7 Å². The number of hydrogen-bond donors (Lipinski definition) is 4. The highest BCUT2D eigenvalue weighted by Crippen LogP contribution is 2.45. The van der Waals surface area contributed by atoms with Gasteiger partial charge in [-0.1, -0.05) is 23.7 Å². The molecule has 230 valence electrons. The Bertz CT molecular complexity index is 1840. The molecule has 2 aliphatic heterocycles. The first-order valence-electron chi connectivity index (χ1n) is 14.0. The molecule has 12 nitrogen and oxygen atoms in total. The predicted molar refractivity (Wildman–Crippen MR) is 162 cm³/mol. The minimum Gasteiger partial charge on any atom is -0.465 e. The molecule has 1 aromatic heterocycles. The first-order valence-corrected chi connectivity index (χ1v) is 14.4. The summed E-state index contributed by atoms with van der Waals surface area (Å²) in [5.41, 5.74) is 0.927.